The van der Waals surface area contributed by atoms with Crippen LogP contribution in [0.25, 0.3) is 0 Å². The number of carbonyl (C=O) groups excluding carboxylic acids is 1. The van der Waals surface area contributed by atoms with Crippen LogP contribution in [0, 0.1) is 11.3 Å². The van der Waals surface area contributed by atoms with Crippen LogP contribution in [0.3, 0.4) is 0 Å². The van der Waals surface area contributed by atoms with Crippen molar-refractivity contribution in [3.05, 3.63) is 0 Å². The summed E-state index contributed by atoms with van der Waals surface area (Å²) in [6, 6.07) is -0.151. The molecule has 0 bridgehead atoms. The van der Waals surface area contributed by atoms with Gasteiger partial charge >= 0.3 is 0 Å². The first-order valence-corrected chi connectivity index (χ1v) is 5.95. The van der Waals surface area contributed by atoms with Crippen LogP contribution in [0.5, 0.6) is 0 Å². The lowest BCUT2D eigenvalue weighted by Crippen LogP contribution is -2.43. The van der Waals surface area contributed by atoms with E-state index < -0.39 is 0 Å². The van der Waals surface area contributed by atoms with E-state index in [2.05, 4.69) is 26.1 Å². The van der Waals surface area contributed by atoms with Crippen LogP contribution in [0.2, 0.25) is 0 Å². The number of hydrogen-bond acceptors (Lipinski definition) is 3. The van der Waals surface area contributed by atoms with Crippen molar-refractivity contribution in [1.29, 1.82) is 0 Å². The normalized spacial score (nSPS) is 15.6. The summed E-state index contributed by atoms with van der Waals surface area (Å²) in [4.78, 5) is 11.9. The van der Waals surface area contributed by atoms with E-state index in [1.807, 2.05) is 6.92 Å². The number of hydrogen-bond donors (Lipinski definition) is 3. The Balaban J connectivity index is 4.31. The number of amides is 1. The molecule has 0 heterocycles. The van der Waals surface area contributed by atoms with Crippen LogP contribution in [0.4, 0.5) is 0 Å². The predicted octanol–water partition coefficient (Wildman–Crippen LogP) is 0.885. The van der Waals surface area contributed by atoms with Gasteiger partial charge in [0.25, 0.3) is 0 Å². The Hall–Kier alpha value is -0.610. The quantitative estimate of drug-likeness (QED) is 0.634. The summed E-state index contributed by atoms with van der Waals surface area (Å²) in [7, 11) is 0. The van der Waals surface area contributed by atoms with Gasteiger partial charge < -0.3 is 16.2 Å². The lowest BCUT2D eigenvalue weighted by molar-refractivity contribution is -0.126. The second-order valence-electron chi connectivity index (χ2n) is 5.49. The molecule has 0 aliphatic rings. The molecule has 4 N–H and O–H groups in total. The lowest BCUT2D eigenvalue weighted by Gasteiger charge is -2.26. The van der Waals surface area contributed by atoms with Crippen LogP contribution in [-0.4, -0.2) is 30.2 Å². The van der Waals surface area contributed by atoms with Crippen LogP contribution >= 0.6 is 0 Å². The first-order valence-electron chi connectivity index (χ1n) is 5.95. The van der Waals surface area contributed by atoms with Gasteiger partial charge in [0.2, 0.25) is 5.91 Å². The van der Waals surface area contributed by atoms with Gasteiger partial charge in [0, 0.05) is 6.54 Å². The Morgan fingerprint density at radius 1 is 1.44 bits per heavy atom. The molecule has 0 saturated carbocycles. The molecule has 0 fully saturated rings. The molecule has 0 aromatic heterocycles. The fourth-order valence-electron chi connectivity index (χ4n) is 1.62. The number of nitrogens with two attached hydrogens (primary N) is 1. The fourth-order valence-corrected chi connectivity index (χ4v) is 1.62. The molecule has 0 aromatic rings. The molecule has 2 atom stereocenters. The van der Waals surface area contributed by atoms with E-state index in [9.17, 15) is 4.79 Å². The molecule has 2 unspecified atom stereocenters. The van der Waals surface area contributed by atoms with Crippen molar-refractivity contribution in [2.45, 2.75) is 46.6 Å². The average Bonchev–Trinajstić information content (AvgIpc) is 2.20. The van der Waals surface area contributed by atoms with E-state index in [0.29, 0.717) is 6.54 Å². The summed E-state index contributed by atoms with van der Waals surface area (Å²) >= 11 is 0. The minimum Gasteiger partial charge on any atom is -0.394 e. The van der Waals surface area contributed by atoms with Crippen molar-refractivity contribution in [3.8, 4) is 0 Å². The van der Waals surface area contributed by atoms with Crippen LogP contribution in [0.15, 0.2) is 0 Å². The second kappa shape index (κ2) is 6.86. The molecular formula is C12H26N2O2. The van der Waals surface area contributed by atoms with E-state index in [1.54, 1.807) is 0 Å². The van der Waals surface area contributed by atoms with Gasteiger partial charge in [-0.3, -0.25) is 4.79 Å². The van der Waals surface area contributed by atoms with Crippen LogP contribution in [-0.2, 0) is 4.79 Å². The van der Waals surface area contributed by atoms with E-state index in [4.69, 9.17) is 10.8 Å². The summed E-state index contributed by atoms with van der Waals surface area (Å²) in [5.74, 6) is -0.209. The highest BCUT2D eigenvalue weighted by Crippen LogP contribution is 2.24. The van der Waals surface area contributed by atoms with Gasteiger partial charge in [0.1, 0.15) is 0 Å². The number of rotatable bonds is 6. The van der Waals surface area contributed by atoms with Gasteiger partial charge in [-0.05, 0) is 18.3 Å². The van der Waals surface area contributed by atoms with Crippen molar-refractivity contribution in [1.82, 2.24) is 5.32 Å². The van der Waals surface area contributed by atoms with Crippen LogP contribution in [0.1, 0.15) is 40.5 Å². The highest BCUT2D eigenvalue weighted by Gasteiger charge is 2.24. The van der Waals surface area contributed by atoms with Gasteiger partial charge in [-0.15, -0.1) is 0 Å². The third-order valence-electron chi connectivity index (χ3n) is 2.57. The van der Waals surface area contributed by atoms with Crippen molar-refractivity contribution >= 4 is 5.91 Å². The van der Waals surface area contributed by atoms with Gasteiger partial charge in [-0.25, -0.2) is 0 Å². The minimum atomic E-state index is -0.166. The molecule has 96 valence electrons. The molecule has 1 amide bonds. The van der Waals surface area contributed by atoms with E-state index in [0.717, 1.165) is 12.8 Å². The van der Waals surface area contributed by atoms with Crippen molar-refractivity contribution in [3.63, 3.8) is 0 Å². The average molecular weight is 230 g/mol. The molecule has 4 nitrogen and oxygen atoms in total. The highest BCUT2D eigenvalue weighted by molar-refractivity contribution is 5.79. The maximum absolute atomic E-state index is 11.9. The van der Waals surface area contributed by atoms with Crippen molar-refractivity contribution in [2.24, 2.45) is 17.1 Å². The molecule has 0 rings (SSSR count). The predicted molar refractivity (Wildman–Crippen MR) is 65.9 cm³/mol. The largest absolute Gasteiger partial charge is 0.394 e. The third kappa shape index (κ3) is 6.08. The molecule has 16 heavy (non-hydrogen) atoms. The van der Waals surface area contributed by atoms with Gasteiger partial charge in [-0.2, -0.15) is 0 Å². The Bertz CT molecular complexity index is 208. The van der Waals surface area contributed by atoms with Crippen molar-refractivity contribution < 1.29 is 9.90 Å². The molecule has 0 radical (unpaired) electrons. The topological polar surface area (TPSA) is 75.3 Å². The van der Waals surface area contributed by atoms with Gasteiger partial charge in [0.05, 0.1) is 18.6 Å². The number of aliphatic hydroxyl groups excluding tert-OH is 1. The highest BCUT2D eigenvalue weighted by atomic mass is 16.3. The third-order valence-corrected chi connectivity index (χ3v) is 2.57. The summed E-state index contributed by atoms with van der Waals surface area (Å²) < 4.78 is 0. The first-order chi connectivity index (χ1) is 7.34. The Labute approximate surface area is 98.6 Å². The smallest absolute Gasteiger partial charge is 0.224 e. The Morgan fingerprint density at radius 3 is 2.31 bits per heavy atom. The maximum atomic E-state index is 11.9. The molecule has 0 spiro atoms. The molecular weight excluding hydrogens is 204 g/mol. The van der Waals surface area contributed by atoms with E-state index in [-0.39, 0.29) is 29.9 Å². The molecule has 0 aliphatic heterocycles. The molecule has 0 aliphatic carbocycles. The number of aliphatic hydroxyl groups is 1. The molecule has 4 heteroatoms. The van der Waals surface area contributed by atoms with Gasteiger partial charge in [0.15, 0.2) is 0 Å². The lowest BCUT2D eigenvalue weighted by atomic mass is 9.84. The number of carbonyl (C=O) groups is 1. The summed E-state index contributed by atoms with van der Waals surface area (Å²) in [6.07, 6.45) is 1.49. The van der Waals surface area contributed by atoms with E-state index in [1.165, 1.54) is 0 Å². The van der Waals surface area contributed by atoms with Gasteiger partial charge in [-0.1, -0.05) is 27.7 Å². The molecule has 0 aromatic carbocycles. The minimum absolute atomic E-state index is 0.0188. The molecule has 0 saturated heterocycles. The first kappa shape index (κ1) is 15.4. The standard InChI is InChI=1S/C12H26N2O2/c1-5-10(8-15)14-11(16)9(7-13)6-12(2,3)4/h9-10,15H,5-8,13H2,1-4H3,(H,14,16). The Morgan fingerprint density at radius 2 is 2.00 bits per heavy atom. The fraction of sp³-hybridized carbons (Fsp3) is 0.917. The van der Waals surface area contributed by atoms with E-state index >= 15 is 0 Å². The summed E-state index contributed by atoms with van der Waals surface area (Å²) in [5, 5.41) is 11.8. The Kier molecular flexibility index (Phi) is 6.60. The zero-order chi connectivity index (χ0) is 12.8. The van der Waals surface area contributed by atoms with Crippen molar-refractivity contribution in [2.75, 3.05) is 13.2 Å². The summed E-state index contributed by atoms with van der Waals surface area (Å²) in [5.41, 5.74) is 5.70. The van der Waals surface area contributed by atoms with Crippen LogP contribution < -0.4 is 11.1 Å². The maximum Gasteiger partial charge on any atom is 0.224 e. The second-order valence-corrected chi connectivity index (χ2v) is 5.49. The number of nitrogens with one attached hydrogen (secondary N) is 1. The summed E-state index contributed by atoms with van der Waals surface area (Å²) in [6.45, 7) is 8.53. The SMILES string of the molecule is CCC(CO)NC(=O)C(CN)CC(C)(C)C. The zero-order valence-corrected chi connectivity index (χ0v) is 10.9. The zero-order valence-electron chi connectivity index (χ0n) is 10.9. The monoisotopic (exact) mass is 230 g/mol.